The largest absolute Gasteiger partial charge is 0.204 e. The van der Waals surface area contributed by atoms with Crippen molar-refractivity contribution < 1.29 is 13.2 Å². The summed E-state index contributed by atoms with van der Waals surface area (Å²) in [4.78, 5) is 0. The van der Waals surface area contributed by atoms with Crippen molar-refractivity contribution in [3.8, 4) is 11.1 Å². The van der Waals surface area contributed by atoms with Crippen LogP contribution in [-0.4, -0.2) is 9.52 Å². The number of hydrogen-bond donors (Lipinski definition) is 0. The highest BCUT2D eigenvalue weighted by atomic mass is 28.2. The van der Waals surface area contributed by atoms with Crippen LogP contribution < -0.4 is 0 Å². The van der Waals surface area contributed by atoms with E-state index in [1.54, 1.807) is 0 Å². The van der Waals surface area contributed by atoms with E-state index in [1.165, 1.54) is 43.7 Å². The third-order valence-corrected chi connectivity index (χ3v) is 7.99. The van der Waals surface area contributed by atoms with Crippen molar-refractivity contribution in [2.24, 2.45) is 5.92 Å². The summed E-state index contributed by atoms with van der Waals surface area (Å²) in [6.45, 7) is 2.33. The molecule has 1 aliphatic rings. The van der Waals surface area contributed by atoms with Gasteiger partial charge in [-0.2, -0.15) is 0 Å². The van der Waals surface area contributed by atoms with Crippen LogP contribution in [0.3, 0.4) is 0 Å². The third kappa shape index (κ3) is 4.79. The van der Waals surface area contributed by atoms with Crippen LogP contribution >= 0.6 is 0 Å². The zero-order chi connectivity index (χ0) is 18.5. The molecule has 2 aromatic rings. The molecule has 3 rings (SSSR count). The minimum absolute atomic E-state index is 0.173. The summed E-state index contributed by atoms with van der Waals surface area (Å²) in [5.41, 5.74) is 3.40. The molecule has 140 valence electrons. The van der Waals surface area contributed by atoms with E-state index < -0.39 is 17.5 Å². The van der Waals surface area contributed by atoms with Crippen LogP contribution in [0, 0.1) is 23.4 Å². The van der Waals surface area contributed by atoms with E-state index >= 15 is 0 Å². The number of benzene rings is 2. The van der Waals surface area contributed by atoms with Crippen LogP contribution in [0.1, 0.15) is 44.6 Å². The maximum absolute atomic E-state index is 13.4. The SMILES string of the molecule is CC[SiH2]C1CCC(CCc2ccc(-c3cc(F)c(F)c(F)c3)cc2)CC1. The van der Waals surface area contributed by atoms with E-state index in [-0.39, 0.29) is 9.52 Å². The molecule has 0 nitrogen and oxygen atoms in total. The van der Waals surface area contributed by atoms with Crippen molar-refractivity contribution in [1.29, 1.82) is 0 Å². The minimum Gasteiger partial charge on any atom is -0.204 e. The van der Waals surface area contributed by atoms with Gasteiger partial charge in [0.2, 0.25) is 0 Å². The molecular weight excluding hydrogens is 349 g/mol. The first kappa shape index (κ1) is 19.2. The van der Waals surface area contributed by atoms with Crippen molar-refractivity contribution in [3.05, 3.63) is 59.4 Å². The van der Waals surface area contributed by atoms with Gasteiger partial charge in [-0.25, -0.2) is 13.2 Å². The predicted molar refractivity (Wildman–Crippen MR) is 105 cm³/mol. The molecule has 0 atom stereocenters. The number of aryl methyl sites for hydroxylation is 1. The molecule has 26 heavy (non-hydrogen) atoms. The topological polar surface area (TPSA) is 0 Å². The minimum atomic E-state index is -1.42. The lowest BCUT2D eigenvalue weighted by molar-refractivity contribution is 0.338. The fourth-order valence-corrected chi connectivity index (χ4v) is 6.04. The van der Waals surface area contributed by atoms with Gasteiger partial charge in [-0.3, -0.25) is 0 Å². The van der Waals surface area contributed by atoms with Crippen LogP contribution in [0.5, 0.6) is 0 Å². The van der Waals surface area contributed by atoms with E-state index in [2.05, 4.69) is 6.92 Å². The van der Waals surface area contributed by atoms with Gasteiger partial charge in [0, 0.05) is 9.52 Å². The second-order valence-electron chi connectivity index (χ2n) is 7.66. The monoisotopic (exact) mass is 376 g/mol. The molecule has 0 heterocycles. The van der Waals surface area contributed by atoms with E-state index in [0.717, 1.165) is 30.0 Å². The number of rotatable bonds is 6. The molecule has 0 aromatic heterocycles. The molecule has 1 fully saturated rings. The fraction of sp³-hybridized carbons (Fsp3) is 0.455. The Bertz CT molecular complexity index is 696. The normalized spacial score (nSPS) is 20.8. The highest BCUT2D eigenvalue weighted by Gasteiger charge is 2.20. The quantitative estimate of drug-likeness (QED) is 0.410. The van der Waals surface area contributed by atoms with Gasteiger partial charge < -0.3 is 0 Å². The standard InChI is InChI=1S/C22H27F3Si/c1-2-26-19-11-7-16(8-12-19)4-3-15-5-9-17(10-6-15)18-13-20(23)22(25)21(24)14-18/h5-6,9-10,13-14,16,19H,2-4,7-8,11-12,26H2,1H3. The lowest BCUT2D eigenvalue weighted by Crippen LogP contribution is -2.15. The molecule has 0 amide bonds. The summed E-state index contributed by atoms with van der Waals surface area (Å²) < 4.78 is 39.9. The molecule has 0 N–H and O–H groups in total. The maximum atomic E-state index is 13.4. The van der Waals surface area contributed by atoms with Gasteiger partial charge in [0.25, 0.3) is 0 Å². The Hall–Kier alpha value is -1.55. The molecule has 0 radical (unpaired) electrons. The first-order chi connectivity index (χ1) is 12.6. The molecule has 4 heteroatoms. The van der Waals surface area contributed by atoms with Crippen molar-refractivity contribution in [3.63, 3.8) is 0 Å². The third-order valence-electron chi connectivity index (χ3n) is 5.78. The molecule has 0 aliphatic heterocycles. The van der Waals surface area contributed by atoms with Gasteiger partial charge in [0.1, 0.15) is 0 Å². The Balaban J connectivity index is 1.55. The average Bonchev–Trinajstić information content (AvgIpc) is 2.66. The van der Waals surface area contributed by atoms with Gasteiger partial charge in [-0.15, -0.1) is 0 Å². The van der Waals surface area contributed by atoms with Crippen molar-refractivity contribution >= 4 is 9.52 Å². The van der Waals surface area contributed by atoms with Crippen molar-refractivity contribution in [2.75, 3.05) is 0 Å². The lowest BCUT2D eigenvalue weighted by Gasteiger charge is -2.28. The van der Waals surface area contributed by atoms with Crippen LogP contribution in [-0.2, 0) is 6.42 Å². The molecule has 0 spiro atoms. The summed E-state index contributed by atoms with van der Waals surface area (Å²) in [7, 11) is 0.173. The Labute approximate surface area is 156 Å². The van der Waals surface area contributed by atoms with Crippen molar-refractivity contribution in [2.45, 2.75) is 57.0 Å². The second-order valence-corrected chi connectivity index (χ2v) is 10.4. The molecule has 1 aliphatic carbocycles. The summed E-state index contributed by atoms with van der Waals surface area (Å²) >= 11 is 0. The van der Waals surface area contributed by atoms with Crippen LogP contribution in [0.25, 0.3) is 11.1 Å². The van der Waals surface area contributed by atoms with Gasteiger partial charge in [0.05, 0.1) is 0 Å². The highest BCUT2D eigenvalue weighted by Crippen LogP contribution is 2.35. The lowest BCUT2D eigenvalue weighted by atomic mass is 9.85. The van der Waals surface area contributed by atoms with Gasteiger partial charge in [-0.05, 0) is 47.6 Å². The first-order valence-electron chi connectivity index (χ1n) is 9.80. The molecule has 1 saturated carbocycles. The van der Waals surface area contributed by atoms with Gasteiger partial charge in [-0.1, -0.05) is 68.5 Å². The zero-order valence-corrected chi connectivity index (χ0v) is 16.8. The zero-order valence-electron chi connectivity index (χ0n) is 15.4. The average molecular weight is 377 g/mol. The van der Waals surface area contributed by atoms with Gasteiger partial charge >= 0.3 is 0 Å². The summed E-state index contributed by atoms with van der Waals surface area (Å²) in [6.07, 6.45) is 7.90. The Morgan fingerprint density at radius 2 is 1.50 bits per heavy atom. The first-order valence-corrected chi connectivity index (χ1v) is 11.6. The van der Waals surface area contributed by atoms with Crippen LogP contribution in [0.15, 0.2) is 36.4 Å². The van der Waals surface area contributed by atoms with Crippen LogP contribution in [0.4, 0.5) is 13.2 Å². The molecular formula is C22H27F3Si. The molecule has 0 unspecified atom stereocenters. The van der Waals surface area contributed by atoms with Gasteiger partial charge in [0.15, 0.2) is 17.5 Å². The summed E-state index contributed by atoms with van der Waals surface area (Å²) in [5, 5.41) is 0. The van der Waals surface area contributed by atoms with E-state index in [9.17, 15) is 13.2 Å². The molecule has 2 aromatic carbocycles. The van der Waals surface area contributed by atoms with E-state index in [1.807, 2.05) is 24.3 Å². The van der Waals surface area contributed by atoms with Crippen LogP contribution in [0.2, 0.25) is 11.6 Å². The summed E-state index contributed by atoms with van der Waals surface area (Å²) in [5.74, 6) is -2.87. The Morgan fingerprint density at radius 3 is 2.08 bits per heavy atom. The number of hydrogen-bond acceptors (Lipinski definition) is 0. The molecule has 0 saturated heterocycles. The van der Waals surface area contributed by atoms with E-state index in [4.69, 9.17) is 0 Å². The molecule has 0 bridgehead atoms. The highest BCUT2D eigenvalue weighted by molar-refractivity contribution is 6.37. The smallest absolute Gasteiger partial charge is 0.194 e. The number of halogens is 3. The second kappa shape index (κ2) is 8.89. The van der Waals surface area contributed by atoms with Crippen molar-refractivity contribution in [1.82, 2.24) is 0 Å². The maximum Gasteiger partial charge on any atom is 0.194 e. The fourth-order valence-electron chi connectivity index (χ4n) is 4.17. The Morgan fingerprint density at radius 1 is 0.885 bits per heavy atom. The summed E-state index contributed by atoms with van der Waals surface area (Å²) in [6, 6.07) is 11.3. The Kier molecular flexibility index (Phi) is 6.57. The predicted octanol–water partition coefficient (Wildman–Crippen LogP) is 6.29. The van der Waals surface area contributed by atoms with E-state index in [0.29, 0.717) is 11.1 Å².